The molecule has 1 aromatic carbocycles. The standard InChI is InChI=1S/C14H21Cl/c1-3-12(2)8-7-11-14(15)13-9-5-4-6-10-13/h4-6,9-10,12,14H,3,7-8,11H2,1-2H3. The Morgan fingerprint density at radius 3 is 2.40 bits per heavy atom. The molecule has 0 radical (unpaired) electrons. The molecular weight excluding hydrogens is 204 g/mol. The second-order valence-corrected chi connectivity index (χ2v) is 4.85. The highest BCUT2D eigenvalue weighted by molar-refractivity contribution is 6.20. The van der Waals surface area contributed by atoms with Gasteiger partial charge < -0.3 is 0 Å². The highest BCUT2D eigenvalue weighted by Crippen LogP contribution is 2.27. The van der Waals surface area contributed by atoms with Crippen LogP contribution in [0.4, 0.5) is 0 Å². The van der Waals surface area contributed by atoms with Crippen molar-refractivity contribution in [2.75, 3.05) is 0 Å². The molecule has 0 N–H and O–H groups in total. The predicted molar refractivity (Wildman–Crippen MR) is 68.3 cm³/mol. The normalized spacial score (nSPS) is 14.9. The third kappa shape index (κ3) is 4.70. The quantitative estimate of drug-likeness (QED) is 0.584. The van der Waals surface area contributed by atoms with Crippen LogP contribution in [0.2, 0.25) is 0 Å². The molecule has 0 aliphatic rings. The van der Waals surface area contributed by atoms with Gasteiger partial charge in [0.15, 0.2) is 0 Å². The van der Waals surface area contributed by atoms with Crippen molar-refractivity contribution in [3.05, 3.63) is 35.9 Å². The average molecular weight is 225 g/mol. The summed E-state index contributed by atoms with van der Waals surface area (Å²) in [5, 5.41) is 0.190. The summed E-state index contributed by atoms with van der Waals surface area (Å²) in [7, 11) is 0. The van der Waals surface area contributed by atoms with Gasteiger partial charge in [0.05, 0.1) is 5.38 Å². The fourth-order valence-electron chi connectivity index (χ4n) is 1.68. The Bertz CT molecular complexity index is 255. The van der Waals surface area contributed by atoms with Crippen LogP contribution >= 0.6 is 11.6 Å². The van der Waals surface area contributed by atoms with Crippen LogP contribution in [0.3, 0.4) is 0 Å². The van der Waals surface area contributed by atoms with Crippen molar-refractivity contribution < 1.29 is 0 Å². The molecule has 0 spiro atoms. The summed E-state index contributed by atoms with van der Waals surface area (Å²) in [6, 6.07) is 10.4. The van der Waals surface area contributed by atoms with Gasteiger partial charge >= 0.3 is 0 Å². The molecule has 0 nitrogen and oxygen atoms in total. The highest BCUT2D eigenvalue weighted by Gasteiger charge is 2.07. The predicted octanol–water partition coefficient (Wildman–Crippen LogP) is 5.18. The van der Waals surface area contributed by atoms with E-state index in [9.17, 15) is 0 Å². The first-order chi connectivity index (χ1) is 7.24. The second kappa shape index (κ2) is 6.90. The van der Waals surface area contributed by atoms with Gasteiger partial charge in [-0.25, -0.2) is 0 Å². The minimum Gasteiger partial charge on any atom is -0.118 e. The maximum absolute atomic E-state index is 6.33. The third-order valence-electron chi connectivity index (χ3n) is 3.01. The molecule has 0 amide bonds. The van der Waals surface area contributed by atoms with E-state index in [-0.39, 0.29) is 5.38 Å². The second-order valence-electron chi connectivity index (χ2n) is 4.32. The Balaban J connectivity index is 2.28. The van der Waals surface area contributed by atoms with E-state index >= 15 is 0 Å². The third-order valence-corrected chi connectivity index (χ3v) is 3.48. The molecule has 1 heteroatoms. The summed E-state index contributed by atoms with van der Waals surface area (Å²) in [5.41, 5.74) is 1.25. The first-order valence-corrected chi connectivity index (χ1v) is 6.36. The molecule has 0 aliphatic heterocycles. The van der Waals surface area contributed by atoms with Crippen LogP contribution in [0.15, 0.2) is 30.3 Å². The SMILES string of the molecule is CCC(C)CCCC(Cl)c1ccccc1. The van der Waals surface area contributed by atoms with E-state index in [4.69, 9.17) is 11.6 Å². The molecule has 0 aromatic heterocycles. The van der Waals surface area contributed by atoms with Gasteiger partial charge in [-0.05, 0) is 17.9 Å². The van der Waals surface area contributed by atoms with Crippen molar-refractivity contribution in [3.8, 4) is 0 Å². The summed E-state index contributed by atoms with van der Waals surface area (Å²) < 4.78 is 0. The maximum Gasteiger partial charge on any atom is 0.0585 e. The average Bonchev–Trinajstić information content (AvgIpc) is 2.29. The molecule has 84 valence electrons. The summed E-state index contributed by atoms with van der Waals surface area (Å²) in [6.07, 6.45) is 4.90. The highest BCUT2D eigenvalue weighted by atomic mass is 35.5. The minimum atomic E-state index is 0.190. The van der Waals surface area contributed by atoms with E-state index in [0.29, 0.717) is 0 Å². The lowest BCUT2D eigenvalue weighted by atomic mass is 9.99. The summed E-state index contributed by atoms with van der Waals surface area (Å²) in [5.74, 6) is 0.838. The lowest BCUT2D eigenvalue weighted by Crippen LogP contribution is -1.95. The molecule has 0 fully saturated rings. The summed E-state index contributed by atoms with van der Waals surface area (Å²) >= 11 is 6.33. The fourth-order valence-corrected chi connectivity index (χ4v) is 1.98. The van der Waals surface area contributed by atoms with Gasteiger partial charge in [0, 0.05) is 0 Å². The first kappa shape index (κ1) is 12.6. The molecular formula is C14H21Cl. The minimum absolute atomic E-state index is 0.190. The number of hydrogen-bond acceptors (Lipinski definition) is 0. The molecule has 0 heterocycles. The maximum atomic E-state index is 6.33. The molecule has 2 unspecified atom stereocenters. The summed E-state index contributed by atoms with van der Waals surface area (Å²) in [6.45, 7) is 4.56. The number of benzene rings is 1. The summed E-state index contributed by atoms with van der Waals surface area (Å²) in [4.78, 5) is 0. The van der Waals surface area contributed by atoms with Crippen molar-refractivity contribution >= 4 is 11.6 Å². The molecule has 0 saturated heterocycles. The van der Waals surface area contributed by atoms with Crippen molar-refractivity contribution in [2.45, 2.75) is 44.9 Å². The fraction of sp³-hybridized carbons (Fsp3) is 0.571. The molecule has 0 aliphatic carbocycles. The first-order valence-electron chi connectivity index (χ1n) is 5.93. The number of rotatable bonds is 6. The molecule has 15 heavy (non-hydrogen) atoms. The van der Waals surface area contributed by atoms with E-state index in [2.05, 4.69) is 38.1 Å². The smallest absolute Gasteiger partial charge is 0.0585 e. The zero-order valence-electron chi connectivity index (χ0n) is 9.75. The molecule has 1 aromatic rings. The van der Waals surface area contributed by atoms with Crippen LogP contribution in [0.5, 0.6) is 0 Å². The van der Waals surface area contributed by atoms with Gasteiger partial charge in [0.1, 0.15) is 0 Å². The van der Waals surface area contributed by atoms with Crippen LogP contribution in [-0.2, 0) is 0 Å². The van der Waals surface area contributed by atoms with Crippen LogP contribution in [0, 0.1) is 5.92 Å². The topological polar surface area (TPSA) is 0 Å². The van der Waals surface area contributed by atoms with Crippen molar-refractivity contribution in [1.82, 2.24) is 0 Å². The molecule has 0 saturated carbocycles. The van der Waals surface area contributed by atoms with Crippen molar-refractivity contribution in [2.24, 2.45) is 5.92 Å². The van der Waals surface area contributed by atoms with E-state index in [0.717, 1.165) is 12.3 Å². The number of alkyl halides is 1. The van der Waals surface area contributed by atoms with Gasteiger partial charge in [-0.3, -0.25) is 0 Å². The van der Waals surface area contributed by atoms with Gasteiger partial charge in [0.2, 0.25) is 0 Å². The zero-order valence-corrected chi connectivity index (χ0v) is 10.5. The van der Waals surface area contributed by atoms with E-state index in [1.165, 1.54) is 24.8 Å². The van der Waals surface area contributed by atoms with E-state index in [1.54, 1.807) is 0 Å². The number of halogens is 1. The Morgan fingerprint density at radius 1 is 1.13 bits per heavy atom. The van der Waals surface area contributed by atoms with Gasteiger partial charge in [-0.15, -0.1) is 11.6 Å². The van der Waals surface area contributed by atoms with Crippen LogP contribution in [0.1, 0.15) is 50.5 Å². The molecule has 1 rings (SSSR count). The van der Waals surface area contributed by atoms with E-state index in [1.807, 2.05) is 6.07 Å². The van der Waals surface area contributed by atoms with E-state index < -0.39 is 0 Å². The Labute approximate surface area is 98.7 Å². The number of hydrogen-bond donors (Lipinski definition) is 0. The van der Waals surface area contributed by atoms with Crippen LogP contribution in [-0.4, -0.2) is 0 Å². The lowest BCUT2D eigenvalue weighted by Gasteiger charge is -2.11. The molecule has 0 bridgehead atoms. The van der Waals surface area contributed by atoms with Crippen molar-refractivity contribution in [1.29, 1.82) is 0 Å². The molecule has 2 atom stereocenters. The Hall–Kier alpha value is -0.490. The Morgan fingerprint density at radius 2 is 1.80 bits per heavy atom. The van der Waals surface area contributed by atoms with Crippen LogP contribution in [0.25, 0.3) is 0 Å². The zero-order chi connectivity index (χ0) is 11.1. The van der Waals surface area contributed by atoms with Gasteiger partial charge in [-0.2, -0.15) is 0 Å². The monoisotopic (exact) mass is 224 g/mol. The van der Waals surface area contributed by atoms with Gasteiger partial charge in [-0.1, -0.05) is 63.4 Å². The largest absolute Gasteiger partial charge is 0.118 e. The van der Waals surface area contributed by atoms with Gasteiger partial charge in [0.25, 0.3) is 0 Å². The Kier molecular flexibility index (Phi) is 5.78. The van der Waals surface area contributed by atoms with Crippen molar-refractivity contribution in [3.63, 3.8) is 0 Å². The van der Waals surface area contributed by atoms with Crippen LogP contribution < -0.4 is 0 Å². The lowest BCUT2D eigenvalue weighted by molar-refractivity contribution is 0.482.